The zero-order valence-corrected chi connectivity index (χ0v) is 10.6. The first-order valence-corrected chi connectivity index (χ1v) is 5.47. The van der Waals surface area contributed by atoms with Crippen molar-refractivity contribution in [2.24, 2.45) is 5.73 Å². The van der Waals surface area contributed by atoms with Crippen LogP contribution in [0.4, 0.5) is 0 Å². The van der Waals surface area contributed by atoms with Crippen LogP contribution in [-0.4, -0.2) is 31.1 Å². The molecule has 0 fully saturated rings. The van der Waals surface area contributed by atoms with E-state index >= 15 is 0 Å². The normalized spacial score (nSPS) is 12.4. The molecule has 0 saturated heterocycles. The van der Waals surface area contributed by atoms with E-state index in [9.17, 15) is 0 Å². The molecular weight excluding hydrogens is 204 g/mol. The van der Waals surface area contributed by atoms with Crippen LogP contribution in [0.5, 0.6) is 0 Å². The average molecular weight is 226 g/mol. The lowest BCUT2D eigenvalue weighted by Crippen LogP contribution is -2.42. The van der Waals surface area contributed by atoms with E-state index in [-0.39, 0.29) is 5.54 Å². The maximum absolute atomic E-state index is 5.63. The summed E-state index contributed by atoms with van der Waals surface area (Å²) in [6.07, 6.45) is 1.68. The highest BCUT2D eigenvalue weighted by Crippen LogP contribution is 2.13. The maximum atomic E-state index is 5.63. The lowest BCUT2D eigenvalue weighted by Gasteiger charge is -2.31. The Morgan fingerprint density at radius 1 is 1.44 bits per heavy atom. The van der Waals surface area contributed by atoms with Crippen LogP contribution in [-0.2, 0) is 17.9 Å². The molecule has 4 heteroatoms. The summed E-state index contributed by atoms with van der Waals surface area (Å²) in [6.45, 7) is 5.95. The van der Waals surface area contributed by atoms with E-state index in [1.807, 2.05) is 20.2 Å². The minimum absolute atomic E-state index is 0.0310. The summed E-state index contributed by atoms with van der Waals surface area (Å²) in [7, 11) is 4.09. The Morgan fingerprint density at radius 2 is 2.12 bits per heavy atom. The van der Waals surface area contributed by atoms with Gasteiger partial charge in [-0.3, -0.25) is 0 Å². The molecule has 0 aliphatic heterocycles. The number of hydrogen-bond acceptors (Lipinski definition) is 4. The van der Waals surface area contributed by atoms with Gasteiger partial charge in [0.15, 0.2) is 0 Å². The minimum atomic E-state index is 0.0310. The van der Waals surface area contributed by atoms with Crippen molar-refractivity contribution in [1.29, 1.82) is 0 Å². The largest absolute Gasteiger partial charge is 0.467 e. The summed E-state index contributed by atoms with van der Waals surface area (Å²) in [5.41, 5.74) is 6.53. The van der Waals surface area contributed by atoms with Gasteiger partial charge in [0, 0.05) is 17.6 Å². The average Bonchev–Trinajstić information content (AvgIpc) is 2.65. The monoisotopic (exact) mass is 226 g/mol. The van der Waals surface area contributed by atoms with E-state index in [1.54, 1.807) is 6.26 Å². The van der Waals surface area contributed by atoms with Crippen LogP contribution in [0.15, 0.2) is 16.7 Å². The number of hydrogen-bond donors (Lipinski definition) is 1. The molecule has 4 nitrogen and oxygen atoms in total. The van der Waals surface area contributed by atoms with E-state index in [0.717, 1.165) is 11.3 Å². The number of likely N-dealkylation sites (N-methyl/N-ethyl adjacent to an activating group) is 1. The Labute approximate surface area is 97.4 Å². The Balaban J connectivity index is 2.35. The van der Waals surface area contributed by atoms with Crippen LogP contribution >= 0.6 is 0 Å². The summed E-state index contributed by atoms with van der Waals surface area (Å²) < 4.78 is 10.9. The number of nitrogens with zero attached hydrogens (tertiary/aromatic N) is 1. The van der Waals surface area contributed by atoms with E-state index in [2.05, 4.69) is 18.7 Å². The second-order valence-electron chi connectivity index (χ2n) is 4.83. The molecule has 0 aliphatic carbocycles. The fourth-order valence-electron chi connectivity index (χ4n) is 1.14. The SMILES string of the molecule is CN(C)C(C)(C)COCc1cc(CN)co1. The molecule has 0 amide bonds. The van der Waals surface area contributed by atoms with E-state index in [0.29, 0.717) is 19.8 Å². The van der Waals surface area contributed by atoms with Crippen molar-refractivity contribution in [1.82, 2.24) is 4.90 Å². The molecule has 2 N–H and O–H groups in total. The van der Waals surface area contributed by atoms with Crippen LogP contribution in [0.1, 0.15) is 25.2 Å². The molecule has 0 unspecified atom stereocenters. The van der Waals surface area contributed by atoms with Crippen LogP contribution < -0.4 is 5.73 Å². The fourth-order valence-corrected chi connectivity index (χ4v) is 1.14. The Kier molecular flexibility index (Phi) is 4.53. The lowest BCUT2D eigenvalue weighted by molar-refractivity contribution is 0.0209. The third kappa shape index (κ3) is 3.63. The van der Waals surface area contributed by atoms with Crippen LogP contribution in [0.3, 0.4) is 0 Å². The van der Waals surface area contributed by atoms with Crippen LogP contribution in [0.2, 0.25) is 0 Å². The predicted octanol–water partition coefficient (Wildman–Crippen LogP) is 1.60. The van der Waals surface area contributed by atoms with Crippen molar-refractivity contribution in [2.75, 3.05) is 20.7 Å². The molecule has 92 valence electrons. The summed E-state index contributed by atoms with van der Waals surface area (Å²) in [5.74, 6) is 0.829. The first kappa shape index (κ1) is 13.2. The fraction of sp³-hybridized carbons (Fsp3) is 0.667. The van der Waals surface area contributed by atoms with Crippen molar-refractivity contribution in [2.45, 2.75) is 32.5 Å². The number of nitrogens with two attached hydrogens (primary N) is 1. The highest BCUT2D eigenvalue weighted by molar-refractivity contribution is 5.11. The zero-order valence-electron chi connectivity index (χ0n) is 10.6. The molecule has 1 aromatic rings. The lowest BCUT2D eigenvalue weighted by atomic mass is 10.1. The highest BCUT2D eigenvalue weighted by Gasteiger charge is 2.20. The molecule has 0 bridgehead atoms. The smallest absolute Gasteiger partial charge is 0.129 e. The topological polar surface area (TPSA) is 51.6 Å². The molecule has 0 saturated carbocycles. The third-order valence-corrected chi connectivity index (χ3v) is 2.85. The standard InChI is InChI=1S/C12H22N2O2/c1-12(2,14(3)4)9-15-8-11-5-10(6-13)7-16-11/h5,7H,6,8-9,13H2,1-4H3. The molecule has 1 rings (SSSR count). The van der Waals surface area contributed by atoms with Gasteiger partial charge < -0.3 is 19.8 Å². The predicted molar refractivity (Wildman–Crippen MR) is 64.0 cm³/mol. The molecule has 0 radical (unpaired) electrons. The molecule has 0 atom stereocenters. The van der Waals surface area contributed by atoms with E-state index < -0.39 is 0 Å². The summed E-state index contributed by atoms with van der Waals surface area (Å²) >= 11 is 0. The van der Waals surface area contributed by atoms with Gasteiger partial charge in [-0.2, -0.15) is 0 Å². The van der Waals surface area contributed by atoms with Gasteiger partial charge in [-0.15, -0.1) is 0 Å². The van der Waals surface area contributed by atoms with Crippen molar-refractivity contribution in [3.63, 3.8) is 0 Å². The Morgan fingerprint density at radius 3 is 2.62 bits per heavy atom. The summed E-state index contributed by atoms with van der Waals surface area (Å²) in [5, 5.41) is 0. The molecule has 0 aromatic carbocycles. The van der Waals surface area contributed by atoms with Gasteiger partial charge in [-0.05, 0) is 34.0 Å². The second-order valence-corrected chi connectivity index (χ2v) is 4.83. The first-order valence-electron chi connectivity index (χ1n) is 5.47. The summed E-state index contributed by atoms with van der Waals surface area (Å²) in [4.78, 5) is 2.14. The van der Waals surface area contributed by atoms with E-state index in [1.165, 1.54) is 0 Å². The van der Waals surface area contributed by atoms with Gasteiger partial charge in [-0.1, -0.05) is 0 Å². The Hall–Kier alpha value is -0.840. The summed E-state index contributed by atoms with van der Waals surface area (Å²) in [6, 6.07) is 1.93. The molecule has 16 heavy (non-hydrogen) atoms. The maximum Gasteiger partial charge on any atom is 0.129 e. The second kappa shape index (κ2) is 5.48. The molecule has 0 spiro atoms. The highest BCUT2D eigenvalue weighted by atomic mass is 16.5. The third-order valence-electron chi connectivity index (χ3n) is 2.85. The van der Waals surface area contributed by atoms with Gasteiger partial charge in [-0.25, -0.2) is 0 Å². The van der Waals surface area contributed by atoms with Crippen LogP contribution in [0, 0.1) is 0 Å². The van der Waals surface area contributed by atoms with Gasteiger partial charge >= 0.3 is 0 Å². The zero-order chi connectivity index (χ0) is 12.2. The molecule has 0 aliphatic rings. The minimum Gasteiger partial charge on any atom is -0.467 e. The molecule has 1 heterocycles. The van der Waals surface area contributed by atoms with Crippen LogP contribution in [0.25, 0.3) is 0 Å². The van der Waals surface area contributed by atoms with Gasteiger partial charge in [0.05, 0.1) is 12.9 Å². The van der Waals surface area contributed by atoms with Gasteiger partial charge in [0.1, 0.15) is 12.4 Å². The molecular formula is C12H22N2O2. The van der Waals surface area contributed by atoms with Crippen molar-refractivity contribution >= 4 is 0 Å². The Bertz CT molecular complexity index is 319. The number of furan rings is 1. The van der Waals surface area contributed by atoms with Crippen molar-refractivity contribution in [3.05, 3.63) is 23.7 Å². The van der Waals surface area contributed by atoms with Gasteiger partial charge in [0.2, 0.25) is 0 Å². The van der Waals surface area contributed by atoms with Gasteiger partial charge in [0.25, 0.3) is 0 Å². The quantitative estimate of drug-likeness (QED) is 0.800. The molecule has 1 aromatic heterocycles. The van der Waals surface area contributed by atoms with E-state index in [4.69, 9.17) is 14.9 Å². The van der Waals surface area contributed by atoms with Crippen molar-refractivity contribution < 1.29 is 9.15 Å². The first-order chi connectivity index (χ1) is 7.45. The number of ether oxygens (including phenoxy) is 1. The van der Waals surface area contributed by atoms with Crippen molar-refractivity contribution in [3.8, 4) is 0 Å². The number of rotatable bonds is 6.